The van der Waals surface area contributed by atoms with Crippen molar-refractivity contribution in [2.24, 2.45) is 0 Å². The molecule has 7 nitrogen and oxygen atoms in total. The summed E-state index contributed by atoms with van der Waals surface area (Å²) in [5.74, 6) is -1.81. The van der Waals surface area contributed by atoms with E-state index < -0.39 is 17.9 Å². The monoisotopic (exact) mass is 366 g/mol. The van der Waals surface area contributed by atoms with E-state index in [0.717, 1.165) is 5.56 Å². The summed E-state index contributed by atoms with van der Waals surface area (Å²) < 4.78 is 10.7. The molecule has 2 heterocycles. The van der Waals surface area contributed by atoms with Gasteiger partial charge in [-0.3, -0.25) is 9.78 Å². The van der Waals surface area contributed by atoms with Crippen molar-refractivity contribution in [2.75, 3.05) is 6.61 Å². The molecule has 0 aliphatic carbocycles. The SMILES string of the molecule is O=C(NC(COCc1ccccc1)C(=O)O)c1cc(-c2ccccn2)co1. The van der Waals surface area contributed by atoms with Crippen LogP contribution < -0.4 is 5.32 Å². The average Bonchev–Trinajstić information content (AvgIpc) is 3.19. The Bertz CT molecular complexity index is 893. The molecule has 2 aromatic heterocycles. The molecule has 0 bridgehead atoms. The number of furan rings is 1. The summed E-state index contributed by atoms with van der Waals surface area (Å²) in [6.45, 7) is 0.0921. The number of carboxylic acid groups (broad SMARTS) is 1. The van der Waals surface area contributed by atoms with Gasteiger partial charge in [-0.15, -0.1) is 0 Å². The second-order valence-corrected chi connectivity index (χ2v) is 5.78. The van der Waals surface area contributed by atoms with E-state index in [4.69, 9.17) is 9.15 Å². The third-order valence-corrected chi connectivity index (χ3v) is 3.78. The molecule has 3 rings (SSSR count). The van der Waals surface area contributed by atoms with Crippen LogP contribution in [0.25, 0.3) is 11.3 Å². The van der Waals surface area contributed by atoms with Crippen LogP contribution in [0.3, 0.4) is 0 Å². The molecular weight excluding hydrogens is 348 g/mol. The van der Waals surface area contributed by atoms with Gasteiger partial charge in [0.1, 0.15) is 6.26 Å². The van der Waals surface area contributed by atoms with Crippen molar-refractivity contribution in [3.8, 4) is 11.3 Å². The van der Waals surface area contributed by atoms with Gasteiger partial charge >= 0.3 is 5.97 Å². The Morgan fingerprint density at radius 2 is 1.93 bits per heavy atom. The van der Waals surface area contributed by atoms with E-state index in [1.54, 1.807) is 18.3 Å². The van der Waals surface area contributed by atoms with E-state index in [9.17, 15) is 14.7 Å². The standard InChI is InChI=1S/C20H18N2O5/c23-19(18-10-15(12-27-18)16-8-4-5-9-21-16)22-17(20(24)25)13-26-11-14-6-2-1-3-7-14/h1-10,12,17H,11,13H2,(H,22,23)(H,24,25). The molecule has 27 heavy (non-hydrogen) atoms. The third kappa shape index (κ3) is 5.02. The van der Waals surface area contributed by atoms with Crippen LogP contribution in [-0.2, 0) is 16.1 Å². The Hall–Kier alpha value is -3.45. The number of nitrogens with one attached hydrogen (secondary N) is 1. The predicted octanol–water partition coefficient (Wildman–Crippen LogP) is 2.74. The van der Waals surface area contributed by atoms with Crippen LogP contribution in [0, 0.1) is 0 Å². The molecule has 138 valence electrons. The summed E-state index contributed by atoms with van der Waals surface area (Å²) in [5, 5.41) is 11.7. The van der Waals surface area contributed by atoms with Crippen LogP contribution >= 0.6 is 0 Å². The highest BCUT2D eigenvalue weighted by Crippen LogP contribution is 2.19. The van der Waals surface area contributed by atoms with Gasteiger partial charge in [-0.05, 0) is 23.8 Å². The largest absolute Gasteiger partial charge is 0.480 e. The van der Waals surface area contributed by atoms with Gasteiger partial charge in [0, 0.05) is 11.8 Å². The van der Waals surface area contributed by atoms with Gasteiger partial charge in [-0.2, -0.15) is 0 Å². The number of pyridine rings is 1. The molecular formula is C20H18N2O5. The van der Waals surface area contributed by atoms with Crippen molar-refractivity contribution >= 4 is 11.9 Å². The third-order valence-electron chi connectivity index (χ3n) is 3.78. The molecule has 0 fully saturated rings. The lowest BCUT2D eigenvalue weighted by atomic mass is 10.2. The fourth-order valence-corrected chi connectivity index (χ4v) is 2.40. The van der Waals surface area contributed by atoms with E-state index >= 15 is 0 Å². The van der Waals surface area contributed by atoms with Crippen LogP contribution in [0.4, 0.5) is 0 Å². The normalized spacial score (nSPS) is 11.7. The molecule has 1 atom stereocenters. The second kappa shape index (κ2) is 8.77. The van der Waals surface area contributed by atoms with Crippen LogP contribution in [0.5, 0.6) is 0 Å². The molecule has 0 spiro atoms. The number of benzene rings is 1. The molecule has 0 aliphatic heterocycles. The number of nitrogens with zero attached hydrogens (tertiary/aromatic N) is 1. The number of carbonyl (C=O) groups excluding carboxylic acids is 1. The number of rotatable bonds is 8. The number of carboxylic acids is 1. The second-order valence-electron chi connectivity index (χ2n) is 5.78. The first-order valence-corrected chi connectivity index (χ1v) is 8.29. The Kier molecular flexibility index (Phi) is 5.96. The number of hydrogen-bond acceptors (Lipinski definition) is 5. The minimum Gasteiger partial charge on any atom is -0.480 e. The lowest BCUT2D eigenvalue weighted by Crippen LogP contribution is -2.43. The summed E-state index contributed by atoms with van der Waals surface area (Å²) >= 11 is 0. The van der Waals surface area contributed by atoms with Gasteiger partial charge in [-0.1, -0.05) is 36.4 Å². The molecule has 1 amide bonds. The van der Waals surface area contributed by atoms with Crippen molar-refractivity contribution in [3.63, 3.8) is 0 Å². The first-order valence-electron chi connectivity index (χ1n) is 8.29. The van der Waals surface area contributed by atoms with Gasteiger partial charge in [0.2, 0.25) is 0 Å². The zero-order chi connectivity index (χ0) is 19.1. The van der Waals surface area contributed by atoms with Crippen molar-refractivity contribution in [2.45, 2.75) is 12.6 Å². The highest BCUT2D eigenvalue weighted by molar-refractivity contribution is 5.95. The van der Waals surface area contributed by atoms with Crippen LogP contribution in [0.1, 0.15) is 16.1 Å². The zero-order valence-corrected chi connectivity index (χ0v) is 14.4. The van der Waals surface area contributed by atoms with E-state index in [2.05, 4.69) is 10.3 Å². The number of carbonyl (C=O) groups is 2. The van der Waals surface area contributed by atoms with Gasteiger partial charge in [0.05, 0.1) is 18.9 Å². The number of hydrogen-bond donors (Lipinski definition) is 2. The Labute approximate surface area is 155 Å². The van der Waals surface area contributed by atoms with Gasteiger partial charge in [0.15, 0.2) is 11.8 Å². The Morgan fingerprint density at radius 1 is 1.15 bits per heavy atom. The van der Waals surface area contributed by atoms with Gasteiger partial charge in [0.25, 0.3) is 5.91 Å². The predicted molar refractivity (Wildman–Crippen MR) is 96.9 cm³/mol. The molecule has 0 saturated carbocycles. The minimum atomic E-state index is -1.19. The van der Waals surface area contributed by atoms with Crippen molar-refractivity contribution in [1.82, 2.24) is 10.3 Å². The molecule has 1 unspecified atom stereocenters. The smallest absolute Gasteiger partial charge is 0.328 e. The van der Waals surface area contributed by atoms with Crippen LogP contribution in [0.15, 0.2) is 71.5 Å². The van der Waals surface area contributed by atoms with E-state index in [-0.39, 0.29) is 19.0 Å². The molecule has 7 heteroatoms. The number of aromatic nitrogens is 1. The number of ether oxygens (including phenoxy) is 1. The lowest BCUT2D eigenvalue weighted by Gasteiger charge is -2.14. The van der Waals surface area contributed by atoms with Crippen molar-refractivity contribution in [1.29, 1.82) is 0 Å². The maximum absolute atomic E-state index is 12.3. The molecule has 0 radical (unpaired) electrons. The quantitative estimate of drug-likeness (QED) is 0.636. The topological polar surface area (TPSA) is 102 Å². The van der Waals surface area contributed by atoms with Crippen molar-refractivity contribution in [3.05, 3.63) is 78.4 Å². The first-order chi connectivity index (χ1) is 13.1. The number of aliphatic carboxylic acids is 1. The van der Waals surface area contributed by atoms with Crippen molar-refractivity contribution < 1.29 is 23.8 Å². The maximum atomic E-state index is 12.3. The maximum Gasteiger partial charge on any atom is 0.328 e. The Morgan fingerprint density at radius 3 is 2.63 bits per heavy atom. The first kappa shape index (κ1) is 18.3. The highest BCUT2D eigenvalue weighted by atomic mass is 16.5. The summed E-state index contributed by atoms with van der Waals surface area (Å²) in [5.41, 5.74) is 2.20. The van der Waals surface area contributed by atoms with Crippen LogP contribution in [-0.4, -0.2) is 34.6 Å². The molecule has 0 saturated heterocycles. The highest BCUT2D eigenvalue weighted by Gasteiger charge is 2.23. The summed E-state index contributed by atoms with van der Waals surface area (Å²) in [6.07, 6.45) is 3.03. The van der Waals surface area contributed by atoms with E-state index in [1.807, 2.05) is 36.4 Å². The fourth-order valence-electron chi connectivity index (χ4n) is 2.40. The molecule has 3 aromatic rings. The zero-order valence-electron chi connectivity index (χ0n) is 14.4. The average molecular weight is 366 g/mol. The Balaban J connectivity index is 1.58. The minimum absolute atomic E-state index is 0.00459. The van der Waals surface area contributed by atoms with Gasteiger partial charge < -0.3 is 19.6 Å². The molecule has 1 aromatic carbocycles. The summed E-state index contributed by atoms with van der Waals surface area (Å²) in [4.78, 5) is 27.9. The molecule has 0 aliphatic rings. The fraction of sp³-hybridized carbons (Fsp3) is 0.150. The summed E-state index contributed by atoms with van der Waals surface area (Å²) in [7, 11) is 0. The van der Waals surface area contributed by atoms with E-state index in [1.165, 1.54) is 12.3 Å². The van der Waals surface area contributed by atoms with E-state index in [0.29, 0.717) is 11.3 Å². The number of amides is 1. The van der Waals surface area contributed by atoms with Gasteiger partial charge in [-0.25, -0.2) is 4.79 Å². The molecule has 2 N–H and O–H groups in total. The summed E-state index contributed by atoms with van der Waals surface area (Å²) in [6, 6.07) is 15.1. The lowest BCUT2D eigenvalue weighted by molar-refractivity contribution is -0.141. The van der Waals surface area contributed by atoms with Crippen LogP contribution in [0.2, 0.25) is 0 Å².